The molecule has 0 bridgehead atoms. The van der Waals surface area contributed by atoms with E-state index in [0.717, 1.165) is 37.3 Å². The third-order valence-corrected chi connectivity index (χ3v) is 9.98. The Hall–Kier alpha value is -3.86. The van der Waals surface area contributed by atoms with Crippen molar-refractivity contribution in [3.05, 3.63) is 93.5 Å². The number of rotatable bonds is 8. The molecule has 2 aromatic carbocycles. The molecule has 1 unspecified atom stereocenters. The molecule has 0 spiro atoms. The number of nitrogens with one attached hydrogen (secondary N) is 1. The number of pyridine rings is 1. The number of aryl methyl sites for hydroxylation is 1. The summed E-state index contributed by atoms with van der Waals surface area (Å²) in [6.45, 7) is 0.383. The Kier molecular flexibility index (Phi) is 7.70. The molecule has 1 atom stereocenters. The lowest BCUT2D eigenvalue weighted by Crippen LogP contribution is -2.28. The molecule has 0 aliphatic carbocycles. The lowest BCUT2D eigenvalue weighted by Gasteiger charge is -2.16. The number of hydrogen-bond acceptors (Lipinski definition) is 7. The van der Waals surface area contributed by atoms with Crippen LogP contribution in [-0.2, 0) is 40.9 Å². The molecule has 8 nitrogen and oxygen atoms in total. The fourth-order valence-electron chi connectivity index (χ4n) is 4.92. The Labute approximate surface area is 247 Å². The second-order valence-electron chi connectivity index (χ2n) is 9.68. The van der Waals surface area contributed by atoms with E-state index >= 15 is 0 Å². The van der Waals surface area contributed by atoms with E-state index in [-0.39, 0.29) is 30.8 Å². The van der Waals surface area contributed by atoms with Crippen molar-refractivity contribution in [1.82, 2.24) is 14.9 Å². The highest BCUT2D eigenvalue weighted by atomic mass is 35.5. The fraction of sp³-hybridized carbons (Fsp3) is 0.200. The maximum Gasteiger partial charge on any atom is 0.258 e. The number of ether oxygens (including phenoxy) is 1. The standard InChI is InChI=1S/C30H26ClN3O5S2/c31-29-22(15-34-25(36)10-11-26(34)37)33-30-28(21-12-13-41(38)17-23(21)40-30)27(29)19-6-8-20(9-7-19)39-16-24(35)32-14-18-4-2-1-3-5-18/h1-11,36-37H,12-17H2,(H,32,35). The first kappa shape index (κ1) is 27.3. The monoisotopic (exact) mass is 607 g/mol. The largest absolute Gasteiger partial charge is 0.494 e. The molecule has 3 N–H and O–H groups in total. The quantitative estimate of drug-likeness (QED) is 0.218. The maximum atomic E-state index is 12.3. The summed E-state index contributed by atoms with van der Waals surface area (Å²) in [6, 6.07) is 19.8. The minimum atomic E-state index is -0.914. The Balaban J connectivity index is 1.29. The number of nitrogens with zero attached hydrogens (tertiary/aromatic N) is 2. The van der Waals surface area contributed by atoms with Gasteiger partial charge < -0.3 is 20.3 Å². The van der Waals surface area contributed by atoms with E-state index in [4.69, 9.17) is 21.3 Å². The van der Waals surface area contributed by atoms with Gasteiger partial charge in [-0.1, -0.05) is 54.1 Å². The van der Waals surface area contributed by atoms with Crippen LogP contribution < -0.4 is 10.1 Å². The number of fused-ring (bicyclic) bond motifs is 3. The van der Waals surface area contributed by atoms with Gasteiger partial charge in [-0.05, 0) is 35.2 Å². The molecule has 1 aliphatic heterocycles. The van der Waals surface area contributed by atoms with Crippen molar-refractivity contribution in [2.75, 3.05) is 12.4 Å². The third kappa shape index (κ3) is 5.68. The zero-order chi connectivity index (χ0) is 28.5. The lowest BCUT2D eigenvalue weighted by atomic mass is 9.97. The minimum Gasteiger partial charge on any atom is -0.494 e. The first-order chi connectivity index (χ1) is 19.9. The number of halogens is 1. The molecule has 1 amide bonds. The predicted molar refractivity (Wildman–Crippen MR) is 161 cm³/mol. The van der Waals surface area contributed by atoms with Gasteiger partial charge in [0.15, 0.2) is 18.4 Å². The topological polar surface area (TPSA) is 114 Å². The summed E-state index contributed by atoms with van der Waals surface area (Å²) < 4.78 is 19.4. The van der Waals surface area contributed by atoms with Gasteiger partial charge in [0.05, 0.1) is 23.0 Å². The van der Waals surface area contributed by atoms with Crippen LogP contribution >= 0.6 is 22.9 Å². The second-order valence-corrected chi connectivity index (χ2v) is 12.7. The number of carbonyl (C=O) groups excluding carboxylic acids is 1. The van der Waals surface area contributed by atoms with Crippen LogP contribution in [0.2, 0.25) is 5.02 Å². The SMILES string of the molecule is O=C(COc1ccc(-c2c(Cl)c(Cn3c(O)ccc3O)nc3sc4c(c23)CCS(=O)C4)cc1)NCc1ccccc1. The van der Waals surface area contributed by atoms with E-state index in [1.54, 1.807) is 12.1 Å². The first-order valence-corrected chi connectivity index (χ1v) is 15.6. The smallest absolute Gasteiger partial charge is 0.258 e. The van der Waals surface area contributed by atoms with Gasteiger partial charge in [0, 0.05) is 51.1 Å². The number of thiophene rings is 1. The number of aromatic nitrogens is 2. The van der Waals surface area contributed by atoms with E-state index in [1.165, 1.54) is 28.0 Å². The van der Waals surface area contributed by atoms with E-state index in [1.807, 2.05) is 42.5 Å². The Bertz CT molecular complexity index is 1750. The van der Waals surface area contributed by atoms with Gasteiger partial charge in [-0.2, -0.15) is 0 Å². The lowest BCUT2D eigenvalue weighted by molar-refractivity contribution is -0.123. The predicted octanol–water partition coefficient (Wildman–Crippen LogP) is 5.38. The summed E-state index contributed by atoms with van der Waals surface area (Å²) in [5.41, 5.74) is 4.23. The maximum absolute atomic E-state index is 12.3. The van der Waals surface area contributed by atoms with Crippen molar-refractivity contribution in [2.45, 2.75) is 25.3 Å². The molecule has 6 rings (SSSR count). The number of aromatic hydroxyl groups is 2. The van der Waals surface area contributed by atoms with E-state index in [2.05, 4.69) is 5.32 Å². The van der Waals surface area contributed by atoms with Crippen molar-refractivity contribution >= 4 is 49.9 Å². The van der Waals surface area contributed by atoms with Gasteiger partial charge in [-0.3, -0.25) is 13.6 Å². The van der Waals surface area contributed by atoms with Crippen molar-refractivity contribution in [3.63, 3.8) is 0 Å². The average Bonchev–Trinajstić information content (AvgIpc) is 3.49. The molecule has 0 saturated carbocycles. The van der Waals surface area contributed by atoms with Crippen molar-refractivity contribution in [1.29, 1.82) is 0 Å². The van der Waals surface area contributed by atoms with Crippen molar-refractivity contribution in [3.8, 4) is 28.6 Å². The summed E-state index contributed by atoms with van der Waals surface area (Å²) in [4.78, 5) is 18.9. The molecule has 4 heterocycles. The van der Waals surface area contributed by atoms with E-state index in [9.17, 15) is 19.2 Å². The van der Waals surface area contributed by atoms with Crippen LogP contribution in [0.1, 0.15) is 21.7 Å². The summed E-state index contributed by atoms with van der Waals surface area (Å²) in [6.07, 6.45) is 0.671. The zero-order valence-corrected chi connectivity index (χ0v) is 24.2. The van der Waals surface area contributed by atoms with Crippen LogP contribution in [-0.4, -0.2) is 42.2 Å². The highest BCUT2D eigenvalue weighted by Crippen LogP contribution is 2.45. The molecule has 41 heavy (non-hydrogen) atoms. The van der Waals surface area contributed by atoms with Crippen LogP contribution in [0.15, 0.2) is 66.7 Å². The first-order valence-electron chi connectivity index (χ1n) is 13.0. The number of amides is 1. The molecule has 0 saturated heterocycles. The molecule has 5 aromatic rings. The molecule has 11 heteroatoms. The molecular weight excluding hydrogens is 582 g/mol. The second kappa shape index (κ2) is 11.6. The minimum absolute atomic E-state index is 0.0697. The molecule has 0 fully saturated rings. The Morgan fingerprint density at radius 2 is 1.80 bits per heavy atom. The van der Waals surface area contributed by atoms with Crippen molar-refractivity contribution < 1.29 is 24.0 Å². The molecular formula is C30H26ClN3O5S2. The van der Waals surface area contributed by atoms with Gasteiger partial charge >= 0.3 is 0 Å². The highest BCUT2D eigenvalue weighted by Gasteiger charge is 2.26. The van der Waals surface area contributed by atoms with E-state index < -0.39 is 10.8 Å². The van der Waals surface area contributed by atoms with E-state index in [0.29, 0.717) is 40.9 Å². The number of carbonyl (C=O) groups is 1. The van der Waals surface area contributed by atoms with Gasteiger partial charge in [0.2, 0.25) is 0 Å². The summed E-state index contributed by atoms with van der Waals surface area (Å²) in [5, 5.41) is 24.6. The summed E-state index contributed by atoms with van der Waals surface area (Å²) in [5.74, 6) is 1.19. The summed E-state index contributed by atoms with van der Waals surface area (Å²) in [7, 11) is -0.914. The van der Waals surface area contributed by atoms with Crippen LogP contribution in [0.25, 0.3) is 21.3 Å². The van der Waals surface area contributed by atoms with Crippen LogP contribution in [0, 0.1) is 0 Å². The summed E-state index contributed by atoms with van der Waals surface area (Å²) >= 11 is 8.53. The Morgan fingerprint density at radius 1 is 1.07 bits per heavy atom. The molecule has 210 valence electrons. The highest BCUT2D eigenvalue weighted by molar-refractivity contribution is 7.84. The molecule has 0 radical (unpaired) electrons. The van der Waals surface area contributed by atoms with Gasteiger partial charge in [0.1, 0.15) is 10.6 Å². The zero-order valence-electron chi connectivity index (χ0n) is 21.8. The van der Waals surface area contributed by atoms with Crippen LogP contribution in [0.3, 0.4) is 0 Å². The van der Waals surface area contributed by atoms with Crippen LogP contribution in [0.5, 0.6) is 17.5 Å². The average molecular weight is 608 g/mol. The van der Waals surface area contributed by atoms with Gasteiger partial charge in [0.25, 0.3) is 5.91 Å². The van der Waals surface area contributed by atoms with Gasteiger partial charge in [-0.15, -0.1) is 11.3 Å². The molecule has 1 aliphatic rings. The Morgan fingerprint density at radius 3 is 2.54 bits per heavy atom. The number of hydrogen-bond donors (Lipinski definition) is 3. The number of benzene rings is 2. The van der Waals surface area contributed by atoms with Crippen LogP contribution in [0.4, 0.5) is 0 Å². The third-order valence-electron chi connectivity index (χ3n) is 6.99. The molecule has 3 aromatic heterocycles. The normalized spacial score (nSPS) is 14.6. The van der Waals surface area contributed by atoms with Crippen molar-refractivity contribution in [2.24, 2.45) is 0 Å². The van der Waals surface area contributed by atoms with Gasteiger partial charge in [-0.25, -0.2) is 4.98 Å². The fourth-order valence-corrected chi connectivity index (χ4v) is 7.95.